The van der Waals surface area contributed by atoms with Crippen molar-refractivity contribution in [3.05, 3.63) is 86.6 Å². The van der Waals surface area contributed by atoms with Crippen LogP contribution in [0.3, 0.4) is 0 Å². The first-order valence-electron chi connectivity index (χ1n) is 11.6. The van der Waals surface area contributed by atoms with E-state index in [-0.39, 0.29) is 36.4 Å². The summed E-state index contributed by atoms with van der Waals surface area (Å²) < 4.78 is 1.29. The summed E-state index contributed by atoms with van der Waals surface area (Å²) in [5.74, 6) is -0.0335. The molecule has 3 rings (SSSR count). The normalized spacial score (nSPS) is 10.9. The van der Waals surface area contributed by atoms with Gasteiger partial charge in [-0.05, 0) is 29.5 Å². The number of unbranched alkanes of at least 4 members (excludes halogenated alkanes) is 1. The number of nitrogen functional groups attached to an aromatic ring is 1. The number of carbonyl (C=O) groups is 1. The topological polar surface area (TPSA) is 113 Å². The van der Waals surface area contributed by atoms with Crippen LogP contribution in [-0.4, -0.2) is 28.5 Å². The highest BCUT2D eigenvalue weighted by Crippen LogP contribution is 2.24. The molecular formula is C26H33N5O3. The van der Waals surface area contributed by atoms with E-state index in [1.54, 1.807) is 0 Å². The fourth-order valence-corrected chi connectivity index (χ4v) is 3.87. The summed E-state index contributed by atoms with van der Waals surface area (Å²) in [6.07, 6.45) is 1.51. The van der Waals surface area contributed by atoms with Gasteiger partial charge in [-0.1, -0.05) is 75.7 Å². The number of rotatable bonds is 10. The third-order valence-corrected chi connectivity index (χ3v) is 5.72. The summed E-state index contributed by atoms with van der Waals surface area (Å²) in [6.45, 7) is 6.68. The summed E-state index contributed by atoms with van der Waals surface area (Å²) >= 11 is 0. The monoisotopic (exact) mass is 463 g/mol. The van der Waals surface area contributed by atoms with E-state index in [1.807, 2.05) is 61.5 Å². The van der Waals surface area contributed by atoms with E-state index < -0.39 is 11.2 Å². The second kappa shape index (κ2) is 11.4. The van der Waals surface area contributed by atoms with E-state index in [0.29, 0.717) is 13.0 Å². The lowest BCUT2D eigenvalue weighted by molar-refractivity contribution is -0.117. The van der Waals surface area contributed by atoms with Crippen molar-refractivity contribution in [3.8, 4) is 0 Å². The summed E-state index contributed by atoms with van der Waals surface area (Å²) in [5, 5.41) is 3.21. The average molecular weight is 464 g/mol. The van der Waals surface area contributed by atoms with Gasteiger partial charge in [0.15, 0.2) is 5.69 Å². The van der Waals surface area contributed by atoms with Crippen molar-refractivity contribution in [1.29, 1.82) is 0 Å². The number of amides is 1. The van der Waals surface area contributed by atoms with Crippen LogP contribution in [0.25, 0.3) is 0 Å². The van der Waals surface area contributed by atoms with Gasteiger partial charge in [0.25, 0.3) is 5.56 Å². The van der Waals surface area contributed by atoms with Gasteiger partial charge in [-0.25, -0.2) is 4.79 Å². The number of hydrogen-bond donors (Lipinski definition) is 3. The van der Waals surface area contributed by atoms with Gasteiger partial charge in [0.05, 0.1) is 13.1 Å². The molecule has 0 radical (unpaired) electrons. The maximum atomic E-state index is 13.3. The molecule has 0 unspecified atom stereocenters. The van der Waals surface area contributed by atoms with Crippen LogP contribution in [-0.2, 0) is 11.3 Å². The second-order valence-corrected chi connectivity index (χ2v) is 8.56. The number of carbonyl (C=O) groups excluding carboxylic acids is 1. The molecule has 1 amide bonds. The lowest BCUT2D eigenvalue weighted by Crippen LogP contribution is -2.43. The van der Waals surface area contributed by atoms with E-state index in [4.69, 9.17) is 5.73 Å². The van der Waals surface area contributed by atoms with E-state index in [9.17, 15) is 14.4 Å². The molecule has 0 aliphatic rings. The lowest BCUT2D eigenvalue weighted by Gasteiger charge is -2.25. The smallest absolute Gasteiger partial charge is 0.330 e. The molecule has 8 nitrogen and oxygen atoms in total. The largest absolute Gasteiger partial charge is 0.383 e. The highest BCUT2D eigenvalue weighted by Gasteiger charge is 2.24. The fourth-order valence-electron chi connectivity index (χ4n) is 3.87. The Hall–Kier alpha value is -3.81. The molecule has 0 saturated heterocycles. The summed E-state index contributed by atoms with van der Waals surface area (Å²) in [7, 11) is 0. The van der Waals surface area contributed by atoms with Crippen LogP contribution in [0.1, 0.15) is 50.7 Å². The zero-order valence-electron chi connectivity index (χ0n) is 20.0. The SMILES string of the molecule is CCCCN(C(=O)CNc1ccccc1C(C)C)c1c(N)n(Cc2ccccc2)c(=O)[nH]c1=O. The number of nitrogens with one attached hydrogen (secondary N) is 2. The molecule has 34 heavy (non-hydrogen) atoms. The molecule has 0 bridgehead atoms. The number of nitrogens with two attached hydrogens (primary N) is 1. The predicted octanol–water partition coefficient (Wildman–Crippen LogP) is 3.54. The van der Waals surface area contributed by atoms with Gasteiger partial charge in [-0.15, -0.1) is 0 Å². The Bertz CT molecular complexity index is 1230. The van der Waals surface area contributed by atoms with Crippen LogP contribution >= 0.6 is 0 Å². The van der Waals surface area contributed by atoms with Gasteiger partial charge < -0.3 is 16.0 Å². The van der Waals surface area contributed by atoms with Crippen LogP contribution in [0.15, 0.2) is 64.2 Å². The Kier molecular flexibility index (Phi) is 8.29. The van der Waals surface area contributed by atoms with E-state index in [1.165, 1.54) is 9.47 Å². The number of aromatic amines is 1. The second-order valence-electron chi connectivity index (χ2n) is 8.56. The minimum absolute atomic E-state index is 0.00734. The number of aromatic nitrogens is 2. The quantitative estimate of drug-likeness (QED) is 0.426. The Morgan fingerprint density at radius 1 is 1.09 bits per heavy atom. The summed E-state index contributed by atoms with van der Waals surface area (Å²) in [5.41, 5.74) is 7.90. The third kappa shape index (κ3) is 5.75. The number of benzene rings is 2. The van der Waals surface area contributed by atoms with Gasteiger partial charge in [0, 0.05) is 12.2 Å². The van der Waals surface area contributed by atoms with Crippen molar-refractivity contribution < 1.29 is 4.79 Å². The van der Waals surface area contributed by atoms with E-state index in [0.717, 1.165) is 23.2 Å². The van der Waals surface area contributed by atoms with Gasteiger partial charge in [0.2, 0.25) is 5.91 Å². The molecule has 4 N–H and O–H groups in total. The summed E-state index contributed by atoms with van der Waals surface area (Å²) in [4.78, 5) is 42.4. The van der Waals surface area contributed by atoms with Gasteiger partial charge in [-0.3, -0.25) is 19.1 Å². The van der Waals surface area contributed by atoms with Gasteiger partial charge in [0.1, 0.15) is 5.82 Å². The highest BCUT2D eigenvalue weighted by molar-refractivity contribution is 5.98. The van der Waals surface area contributed by atoms with Crippen molar-refractivity contribution in [2.45, 2.75) is 46.1 Å². The van der Waals surface area contributed by atoms with Crippen molar-refractivity contribution in [2.75, 3.05) is 29.0 Å². The maximum Gasteiger partial charge on any atom is 0.330 e. The number of hydrogen-bond acceptors (Lipinski definition) is 5. The molecule has 8 heteroatoms. The van der Waals surface area contributed by atoms with E-state index in [2.05, 4.69) is 24.1 Å². The molecular weight excluding hydrogens is 430 g/mol. The zero-order chi connectivity index (χ0) is 24.7. The van der Waals surface area contributed by atoms with Crippen LogP contribution < -0.4 is 27.2 Å². The predicted molar refractivity (Wildman–Crippen MR) is 138 cm³/mol. The van der Waals surface area contributed by atoms with E-state index >= 15 is 0 Å². The number of para-hydroxylation sites is 1. The number of anilines is 3. The molecule has 1 aromatic heterocycles. The van der Waals surface area contributed by atoms with Crippen molar-refractivity contribution in [2.24, 2.45) is 0 Å². The Labute approximate surface area is 199 Å². The molecule has 0 spiro atoms. The van der Waals surface area contributed by atoms with Crippen LogP contribution in [0.5, 0.6) is 0 Å². The minimum atomic E-state index is -0.668. The molecule has 0 atom stereocenters. The Balaban J connectivity index is 1.94. The molecule has 0 aliphatic carbocycles. The molecule has 3 aromatic rings. The van der Waals surface area contributed by atoms with Crippen LogP contribution in [0.4, 0.5) is 17.2 Å². The van der Waals surface area contributed by atoms with Crippen molar-refractivity contribution in [3.63, 3.8) is 0 Å². The first kappa shape index (κ1) is 24.8. The first-order valence-corrected chi connectivity index (χ1v) is 11.6. The van der Waals surface area contributed by atoms with Gasteiger partial charge >= 0.3 is 5.69 Å². The molecule has 0 fully saturated rings. The Morgan fingerprint density at radius 3 is 2.44 bits per heavy atom. The molecule has 2 aromatic carbocycles. The lowest BCUT2D eigenvalue weighted by atomic mass is 10.0. The standard InChI is InChI=1S/C26H33N5O3/c1-4-5-15-30(22(32)16-28-21-14-10-9-13-20(21)18(2)3)23-24(27)31(26(34)29-25(23)33)17-19-11-7-6-8-12-19/h6-14,18,28H,4-5,15-17,27H2,1-3H3,(H,29,33,34). The van der Waals surface area contributed by atoms with Crippen molar-refractivity contribution >= 4 is 23.1 Å². The van der Waals surface area contributed by atoms with Gasteiger partial charge in [-0.2, -0.15) is 0 Å². The first-order chi connectivity index (χ1) is 16.3. The highest BCUT2D eigenvalue weighted by atomic mass is 16.2. The van der Waals surface area contributed by atoms with Crippen molar-refractivity contribution in [1.82, 2.24) is 9.55 Å². The minimum Gasteiger partial charge on any atom is -0.383 e. The fraction of sp³-hybridized carbons (Fsp3) is 0.346. The molecule has 0 saturated carbocycles. The summed E-state index contributed by atoms with van der Waals surface area (Å²) in [6, 6.07) is 17.2. The third-order valence-electron chi connectivity index (χ3n) is 5.72. The zero-order valence-corrected chi connectivity index (χ0v) is 20.0. The number of nitrogens with zero attached hydrogens (tertiary/aromatic N) is 2. The van der Waals surface area contributed by atoms with Crippen LogP contribution in [0.2, 0.25) is 0 Å². The molecule has 1 heterocycles. The Morgan fingerprint density at radius 2 is 1.76 bits per heavy atom. The average Bonchev–Trinajstić information content (AvgIpc) is 2.83. The maximum absolute atomic E-state index is 13.3. The van der Waals surface area contributed by atoms with Crippen LogP contribution in [0, 0.1) is 0 Å². The molecule has 180 valence electrons. The number of H-pyrrole nitrogens is 1. The molecule has 0 aliphatic heterocycles.